The number of imide groups is 1. The van der Waals surface area contributed by atoms with Crippen LogP contribution in [-0.4, -0.2) is 29.2 Å². The van der Waals surface area contributed by atoms with Crippen LogP contribution in [0.1, 0.15) is 36.8 Å². The van der Waals surface area contributed by atoms with Crippen molar-refractivity contribution in [1.29, 1.82) is 0 Å². The van der Waals surface area contributed by atoms with Gasteiger partial charge in [0, 0.05) is 5.69 Å². The number of likely N-dealkylation sites (tertiary alicyclic amines) is 1. The summed E-state index contributed by atoms with van der Waals surface area (Å²) in [7, 11) is 0. The summed E-state index contributed by atoms with van der Waals surface area (Å²) in [6.07, 6.45) is -7.56. The first-order valence-corrected chi connectivity index (χ1v) is 8.82. The molecule has 0 aromatic heterocycles. The van der Waals surface area contributed by atoms with Crippen molar-refractivity contribution in [3.8, 4) is 0 Å². The van der Waals surface area contributed by atoms with Gasteiger partial charge in [0.1, 0.15) is 6.54 Å². The molecule has 29 heavy (non-hydrogen) atoms. The highest BCUT2D eigenvalue weighted by molar-refractivity contribution is 6.08. The molecule has 11 heteroatoms. The SMILES string of the molecule is O=C(CN1C(=O)[C@H]2CCCC[C@H]2C1=O)Nc1cc(C(F)(F)F)cc(C(F)(F)F)c1. The lowest BCUT2D eigenvalue weighted by atomic mass is 9.81. The Balaban J connectivity index is 1.78. The summed E-state index contributed by atoms with van der Waals surface area (Å²) < 4.78 is 77.4. The molecular weight excluding hydrogens is 406 g/mol. The number of carbonyl (C=O) groups is 3. The highest BCUT2D eigenvalue weighted by atomic mass is 19.4. The Bertz CT molecular complexity index is 793. The Labute approximate surface area is 161 Å². The molecular formula is C18H16F6N2O3. The molecule has 1 heterocycles. The molecule has 1 saturated carbocycles. The average Bonchev–Trinajstić information content (AvgIpc) is 2.85. The number of alkyl halides is 6. The second kappa shape index (κ2) is 7.34. The summed E-state index contributed by atoms with van der Waals surface area (Å²) in [5.41, 5.74) is -3.89. The molecule has 0 radical (unpaired) electrons. The Morgan fingerprint density at radius 2 is 1.34 bits per heavy atom. The molecule has 1 aromatic carbocycles. The molecule has 5 nitrogen and oxygen atoms in total. The van der Waals surface area contributed by atoms with E-state index in [0.29, 0.717) is 25.0 Å². The maximum atomic E-state index is 12.9. The summed E-state index contributed by atoms with van der Waals surface area (Å²) in [5.74, 6) is -3.16. The van der Waals surface area contributed by atoms with Crippen LogP contribution in [0.3, 0.4) is 0 Å². The van der Waals surface area contributed by atoms with Crippen molar-refractivity contribution in [3.63, 3.8) is 0 Å². The normalized spacial score (nSPS) is 22.6. The molecule has 1 aliphatic carbocycles. The van der Waals surface area contributed by atoms with E-state index in [1.807, 2.05) is 5.32 Å². The predicted octanol–water partition coefficient (Wildman–Crippen LogP) is 3.84. The lowest BCUT2D eigenvalue weighted by molar-refractivity contribution is -0.143. The van der Waals surface area contributed by atoms with E-state index in [1.165, 1.54) is 0 Å². The van der Waals surface area contributed by atoms with Gasteiger partial charge in [-0.05, 0) is 31.0 Å². The third kappa shape index (κ3) is 4.38. The second-order valence-electron chi connectivity index (χ2n) is 7.10. The average molecular weight is 422 g/mol. The molecule has 2 aliphatic rings. The van der Waals surface area contributed by atoms with Gasteiger partial charge in [-0.1, -0.05) is 12.8 Å². The van der Waals surface area contributed by atoms with Crippen molar-refractivity contribution in [3.05, 3.63) is 29.3 Å². The highest BCUT2D eigenvalue weighted by Gasteiger charge is 2.48. The molecule has 1 aliphatic heterocycles. The van der Waals surface area contributed by atoms with Gasteiger partial charge in [-0.15, -0.1) is 0 Å². The lowest BCUT2D eigenvalue weighted by Crippen LogP contribution is -2.38. The van der Waals surface area contributed by atoms with E-state index < -0.39 is 65.3 Å². The summed E-state index contributed by atoms with van der Waals surface area (Å²) in [6.45, 7) is -0.762. The number of anilines is 1. The summed E-state index contributed by atoms with van der Waals surface area (Å²) >= 11 is 0. The van der Waals surface area contributed by atoms with Gasteiger partial charge < -0.3 is 5.32 Å². The van der Waals surface area contributed by atoms with Gasteiger partial charge in [0.2, 0.25) is 17.7 Å². The van der Waals surface area contributed by atoms with Gasteiger partial charge in [-0.3, -0.25) is 19.3 Å². The van der Waals surface area contributed by atoms with Gasteiger partial charge in [0.15, 0.2) is 0 Å². The Morgan fingerprint density at radius 1 is 0.897 bits per heavy atom. The molecule has 158 valence electrons. The molecule has 2 fully saturated rings. The molecule has 0 unspecified atom stereocenters. The summed E-state index contributed by atoms with van der Waals surface area (Å²) in [6, 6.07) is 0.662. The van der Waals surface area contributed by atoms with Crippen LogP contribution in [-0.2, 0) is 26.7 Å². The minimum atomic E-state index is -5.06. The Kier molecular flexibility index (Phi) is 5.35. The molecule has 3 rings (SSSR count). The van der Waals surface area contributed by atoms with E-state index in [2.05, 4.69) is 0 Å². The van der Waals surface area contributed by atoms with Crippen LogP contribution in [0.2, 0.25) is 0 Å². The number of rotatable bonds is 3. The number of hydrogen-bond donors (Lipinski definition) is 1. The number of nitrogens with zero attached hydrogens (tertiary/aromatic N) is 1. The van der Waals surface area contributed by atoms with E-state index in [0.717, 1.165) is 17.7 Å². The Hall–Kier alpha value is -2.59. The minimum absolute atomic E-state index is 0.0616. The predicted molar refractivity (Wildman–Crippen MR) is 87.2 cm³/mol. The highest BCUT2D eigenvalue weighted by Crippen LogP contribution is 2.39. The van der Waals surface area contributed by atoms with E-state index >= 15 is 0 Å². The largest absolute Gasteiger partial charge is 0.416 e. The number of fused-ring (bicyclic) bond motifs is 1. The zero-order valence-electron chi connectivity index (χ0n) is 14.9. The molecule has 3 amide bonds. The van der Waals surface area contributed by atoms with Gasteiger partial charge >= 0.3 is 12.4 Å². The van der Waals surface area contributed by atoms with Crippen LogP contribution in [0, 0.1) is 11.8 Å². The quantitative estimate of drug-likeness (QED) is 0.595. The van der Waals surface area contributed by atoms with Gasteiger partial charge in [-0.25, -0.2) is 0 Å². The Morgan fingerprint density at radius 3 is 1.76 bits per heavy atom. The van der Waals surface area contributed by atoms with E-state index in [1.54, 1.807) is 0 Å². The van der Waals surface area contributed by atoms with E-state index in [9.17, 15) is 40.7 Å². The zero-order valence-corrected chi connectivity index (χ0v) is 14.9. The van der Waals surface area contributed by atoms with Gasteiger partial charge in [0.25, 0.3) is 0 Å². The number of carbonyl (C=O) groups excluding carboxylic acids is 3. The van der Waals surface area contributed by atoms with Crippen LogP contribution in [0.15, 0.2) is 18.2 Å². The van der Waals surface area contributed by atoms with Crippen LogP contribution < -0.4 is 5.32 Å². The van der Waals surface area contributed by atoms with Crippen LogP contribution >= 0.6 is 0 Å². The molecule has 2 atom stereocenters. The van der Waals surface area contributed by atoms with Crippen molar-refractivity contribution in [2.24, 2.45) is 11.8 Å². The topological polar surface area (TPSA) is 66.5 Å². The van der Waals surface area contributed by atoms with Crippen LogP contribution in [0.25, 0.3) is 0 Å². The summed E-state index contributed by atoms with van der Waals surface area (Å²) in [5, 5.41) is 1.93. The van der Waals surface area contributed by atoms with Crippen LogP contribution in [0.4, 0.5) is 32.0 Å². The number of amides is 3. The number of halogens is 6. The number of benzene rings is 1. The smallest absolute Gasteiger partial charge is 0.325 e. The maximum Gasteiger partial charge on any atom is 0.416 e. The van der Waals surface area contributed by atoms with Crippen molar-refractivity contribution in [2.75, 3.05) is 11.9 Å². The standard InChI is InChI=1S/C18H16F6N2O3/c19-17(20,21)9-5-10(18(22,23)24)7-11(6-9)25-14(27)8-26-15(28)12-3-1-2-4-13(12)16(26)29/h5-7,12-13H,1-4,8H2,(H,25,27)/t12-,13+. The van der Waals surface area contributed by atoms with Crippen LogP contribution in [0.5, 0.6) is 0 Å². The molecule has 0 bridgehead atoms. The molecule has 0 spiro atoms. The van der Waals surface area contributed by atoms with Crippen molar-refractivity contribution in [1.82, 2.24) is 4.90 Å². The van der Waals surface area contributed by atoms with Crippen molar-refractivity contribution in [2.45, 2.75) is 38.0 Å². The zero-order chi connectivity index (χ0) is 21.6. The van der Waals surface area contributed by atoms with Gasteiger partial charge in [-0.2, -0.15) is 26.3 Å². The van der Waals surface area contributed by atoms with Gasteiger partial charge in [0.05, 0.1) is 23.0 Å². The number of hydrogen-bond acceptors (Lipinski definition) is 3. The molecule has 1 aromatic rings. The van der Waals surface area contributed by atoms with Crippen molar-refractivity contribution < 1.29 is 40.7 Å². The maximum absolute atomic E-state index is 12.9. The fourth-order valence-corrected chi connectivity index (χ4v) is 3.76. The lowest BCUT2D eigenvalue weighted by Gasteiger charge is -2.19. The minimum Gasteiger partial charge on any atom is -0.325 e. The fraction of sp³-hybridized carbons (Fsp3) is 0.500. The van der Waals surface area contributed by atoms with Crippen molar-refractivity contribution >= 4 is 23.4 Å². The first-order chi connectivity index (χ1) is 13.4. The first-order valence-electron chi connectivity index (χ1n) is 8.82. The molecule has 1 N–H and O–H groups in total. The third-order valence-corrected chi connectivity index (χ3v) is 5.11. The first kappa shape index (κ1) is 21.1. The fourth-order valence-electron chi connectivity index (χ4n) is 3.76. The number of nitrogens with one attached hydrogen (secondary N) is 1. The van der Waals surface area contributed by atoms with E-state index in [-0.39, 0.29) is 6.07 Å². The molecule has 1 saturated heterocycles. The summed E-state index contributed by atoms with van der Waals surface area (Å²) in [4.78, 5) is 37.6. The second-order valence-corrected chi connectivity index (χ2v) is 7.10. The third-order valence-electron chi connectivity index (χ3n) is 5.11. The van der Waals surface area contributed by atoms with E-state index in [4.69, 9.17) is 0 Å². The monoisotopic (exact) mass is 422 g/mol.